The van der Waals surface area contributed by atoms with Crippen molar-refractivity contribution in [3.8, 4) is 0 Å². The number of nitrogens with one attached hydrogen (secondary N) is 2. The number of sulfone groups is 1. The fourth-order valence-corrected chi connectivity index (χ4v) is 3.17. The Hall–Kier alpha value is -2.66. The van der Waals surface area contributed by atoms with E-state index >= 15 is 0 Å². The Balaban J connectivity index is 1.89. The lowest BCUT2D eigenvalue weighted by Crippen LogP contribution is -2.33. The van der Waals surface area contributed by atoms with Gasteiger partial charge in [0.25, 0.3) is 0 Å². The molecule has 10 nitrogen and oxygen atoms in total. The summed E-state index contributed by atoms with van der Waals surface area (Å²) in [6, 6.07) is 6.28. The lowest BCUT2D eigenvalue weighted by atomic mass is 10.2. The van der Waals surface area contributed by atoms with Crippen molar-refractivity contribution in [3.05, 3.63) is 35.2 Å². The summed E-state index contributed by atoms with van der Waals surface area (Å²) in [5.74, 6) is -1.66. The summed E-state index contributed by atoms with van der Waals surface area (Å²) in [7, 11) is -4.13. The molecular formula is C17H21ClN4O6S. The highest BCUT2D eigenvalue weighted by molar-refractivity contribution is 7.91. The van der Waals surface area contributed by atoms with E-state index in [0.29, 0.717) is 10.7 Å². The number of carbonyl (C=O) groups excluding carboxylic acids is 2. The van der Waals surface area contributed by atoms with Gasteiger partial charge in [-0.2, -0.15) is 0 Å². The molecule has 0 aliphatic heterocycles. The Labute approximate surface area is 172 Å². The maximum absolute atomic E-state index is 12.3. The molecule has 0 bridgehead atoms. The van der Waals surface area contributed by atoms with Crippen LogP contribution in [0, 0.1) is 0 Å². The number of rotatable bonds is 7. The van der Waals surface area contributed by atoms with Crippen LogP contribution in [0.4, 0.5) is 10.5 Å². The fourth-order valence-electron chi connectivity index (χ4n) is 2.05. The van der Waals surface area contributed by atoms with Crippen LogP contribution in [0.2, 0.25) is 5.02 Å². The molecule has 1 aromatic heterocycles. The van der Waals surface area contributed by atoms with E-state index in [1.807, 2.05) is 0 Å². The first kappa shape index (κ1) is 22.6. The first-order valence-corrected chi connectivity index (χ1v) is 10.5. The summed E-state index contributed by atoms with van der Waals surface area (Å²) in [5, 5.41) is 11.7. The Morgan fingerprint density at radius 2 is 1.97 bits per heavy atom. The molecule has 0 fully saturated rings. The number of hydrogen-bond acceptors (Lipinski definition) is 8. The Morgan fingerprint density at radius 3 is 2.62 bits per heavy atom. The maximum Gasteiger partial charge on any atom is 0.407 e. The molecule has 1 heterocycles. The van der Waals surface area contributed by atoms with Crippen LogP contribution in [0.5, 0.6) is 0 Å². The topological polar surface area (TPSA) is 140 Å². The highest BCUT2D eigenvalue weighted by Crippen LogP contribution is 2.16. The van der Waals surface area contributed by atoms with Gasteiger partial charge in [-0.3, -0.25) is 4.79 Å². The number of benzene rings is 1. The van der Waals surface area contributed by atoms with Crippen LogP contribution in [-0.2, 0) is 25.8 Å². The normalized spacial score (nSPS) is 11.7. The summed E-state index contributed by atoms with van der Waals surface area (Å²) in [4.78, 5) is 23.6. The van der Waals surface area contributed by atoms with Gasteiger partial charge in [-0.05, 0) is 39.0 Å². The van der Waals surface area contributed by atoms with Crippen LogP contribution < -0.4 is 10.6 Å². The molecule has 0 saturated heterocycles. The van der Waals surface area contributed by atoms with E-state index < -0.39 is 38.4 Å². The van der Waals surface area contributed by atoms with Crippen molar-refractivity contribution in [2.45, 2.75) is 38.0 Å². The van der Waals surface area contributed by atoms with Crippen molar-refractivity contribution in [3.63, 3.8) is 0 Å². The number of ether oxygens (including phenoxy) is 1. The van der Waals surface area contributed by atoms with E-state index in [0.717, 1.165) is 0 Å². The van der Waals surface area contributed by atoms with Crippen molar-refractivity contribution in [1.29, 1.82) is 0 Å². The molecule has 0 spiro atoms. The second-order valence-corrected chi connectivity index (χ2v) is 9.26. The number of nitrogens with zero attached hydrogens (tertiary/aromatic N) is 2. The highest BCUT2D eigenvalue weighted by atomic mass is 35.5. The van der Waals surface area contributed by atoms with Gasteiger partial charge in [-0.1, -0.05) is 22.8 Å². The van der Waals surface area contributed by atoms with E-state index in [1.165, 1.54) is 6.07 Å². The zero-order chi connectivity index (χ0) is 21.7. The molecule has 2 N–H and O–H groups in total. The molecular weight excluding hydrogens is 424 g/mol. The lowest BCUT2D eigenvalue weighted by molar-refractivity contribution is -0.113. The minimum Gasteiger partial charge on any atom is -0.444 e. The van der Waals surface area contributed by atoms with Crippen LogP contribution in [-0.4, -0.2) is 48.5 Å². The Bertz CT molecular complexity index is 984. The Kier molecular flexibility index (Phi) is 7.20. The molecule has 0 radical (unpaired) electrons. The Morgan fingerprint density at radius 1 is 1.24 bits per heavy atom. The summed E-state index contributed by atoms with van der Waals surface area (Å²) in [6.07, 6.45) is -0.529. The van der Waals surface area contributed by atoms with E-state index in [-0.39, 0.29) is 18.9 Å². The highest BCUT2D eigenvalue weighted by Gasteiger charge is 2.26. The van der Waals surface area contributed by atoms with Gasteiger partial charge in [-0.15, -0.1) is 5.10 Å². The van der Waals surface area contributed by atoms with Crippen LogP contribution in [0.15, 0.2) is 33.9 Å². The number of alkyl carbamates (subject to hydrolysis) is 1. The number of aromatic nitrogens is 2. The predicted octanol–water partition coefficient (Wildman–Crippen LogP) is 2.20. The van der Waals surface area contributed by atoms with Crippen LogP contribution in [0.25, 0.3) is 0 Å². The van der Waals surface area contributed by atoms with E-state index in [2.05, 4.69) is 20.8 Å². The van der Waals surface area contributed by atoms with Crippen LogP contribution in [0.3, 0.4) is 0 Å². The molecule has 1 aromatic carbocycles. The SMILES string of the molecule is CC(C)(C)OC(=O)NCCc1nnc(S(=O)(=O)CC(=O)Nc2cccc(Cl)c2)o1. The van der Waals surface area contributed by atoms with Gasteiger partial charge in [0, 0.05) is 23.7 Å². The van der Waals surface area contributed by atoms with Gasteiger partial charge in [0.2, 0.25) is 21.6 Å². The molecule has 2 amide bonds. The quantitative estimate of drug-likeness (QED) is 0.662. The third-order valence-electron chi connectivity index (χ3n) is 3.15. The van der Waals surface area contributed by atoms with Crippen molar-refractivity contribution >= 4 is 39.1 Å². The monoisotopic (exact) mass is 444 g/mol. The van der Waals surface area contributed by atoms with Crippen LogP contribution >= 0.6 is 11.6 Å². The molecule has 29 heavy (non-hydrogen) atoms. The predicted molar refractivity (Wildman–Crippen MR) is 104 cm³/mol. The molecule has 2 aromatic rings. The molecule has 0 atom stereocenters. The average Bonchev–Trinajstić information content (AvgIpc) is 3.02. The number of carbonyl (C=O) groups is 2. The second kappa shape index (κ2) is 9.23. The third kappa shape index (κ3) is 7.70. The summed E-state index contributed by atoms with van der Waals surface area (Å²) in [6.45, 7) is 5.28. The van der Waals surface area contributed by atoms with Gasteiger partial charge in [-0.25, -0.2) is 13.2 Å². The molecule has 0 aliphatic rings. The number of anilines is 1. The standard InChI is InChI=1S/C17H21ClN4O6S/c1-17(2,3)28-15(24)19-8-7-14-21-22-16(27-14)29(25,26)10-13(23)20-12-6-4-5-11(18)9-12/h4-6,9H,7-8,10H2,1-3H3,(H,19,24)(H,20,23). The lowest BCUT2D eigenvalue weighted by Gasteiger charge is -2.19. The molecule has 0 aliphatic carbocycles. The van der Waals surface area contributed by atoms with E-state index in [9.17, 15) is 18.0 Å². The first-order chi connectivity index (χ1) is 13.4. The number of halogens is 1. The van der Waals surface area contributed by atoms with E-state index in [4.69, 9.17) is 20.8 Å². The third-order valence-corrected chi connectivity index (χ3v) is 4.73. The smallest absolute Gasteiger partial charge is 0.407 e. The number of hydrogen-bond donors (Lipinski definition) is 2. The number of amides is 2. The molecule has 158 valence electrons. The molecule has 12 heteroatoms. The zero-order valence-electron chi connectivity index (χ0n) is 16.1. The maximum atomic E-state index is 12.3. The largest absolute Gasteiger partial charge is 0.444 e. The second-order valence-electron chi connectivity index (χ2n) is 6.96. The van der Waals surface area contributed by atoms with Crippen molar-refractivity contribution in [2.75, 3.05) is 17.6 Å². The first-order valence-electron chi connectivity index (χ1n) is 8.52. The minimum atomic E-state index is -4.13. The minimum absolute atomic E-state index is 0.00474. The van der Waals surface area contributed by atoms with Gasteiger partial charge in [0.05, 0.1) is 0 Å². The van der Waals surface area contributed by atoms with Crippen molar-refractivity contribution in [2.24, 2.45) is 0 Å². The van der Waals surface area contributed by atoms with Gasteiger partial charge < -0.3 is 19.8 Å². The van der Waals surface area contributed by atoms with Crippen LogP contribution in [0.1, 0.15) is 26.7 Å². The molecule has 0 saturated carbocycles. The summed E-state index contributed by atoms with van der Waals surface area (Å²) in [5.41, 5.74) is -0.279. The van der Waals surface area contributed by atoms with Crippen molar-refractivity contribution in [1.82, 2.24) is 15.5 Å². The van der Waals surface area contributed by atoms with Gasteiger partial charge in [0.1, 0.15) is 11.4 Å². The van der Waals surface area contributed by atoms with Gasteiger partial charge >= 0.3 is 11.3 Å². The molecule has 2 rings (SSSR count). The summed E-state index contributed by atoms with van der Waals surface area (Å²) < 4.78 is 34.7. The zero-order valence-corrected chi connectivity index (χ0v) is 17.6. The fraction of sp³-hybridized carbons (Fsp3) is 0.412. The molecule has 0 unspecified atom stereocenters. The van der Waals surface area contributed by atoms with Gasteiger partial charge in [0.15, 0.2) is 0 Å². The van der Waals surface area contributed by atoms with Crippen molar-refractivity contribution < 1.29 is 27.2 Å². The van der Waals surface area contributed by atoms with E-state index in [1.54, 1.807) is 39.0 Å². The summed E-state index contributed by atoms with van der Waals surface area (Å²) >= 11 is 5.82. The average molecular weight is 445 g/mol.